The second-order valence-electron chi connectivity index (χ2n) is 10.5. The quantitative estimate of drug-likeness (QED) is 0.168. The molecule has 0 unspecified atom stereocenters. The smallest absolute Gasteiger partial charge is 0.537 e. The molecule has 4 heterocycles. The summed E-state index contributed by atoms with van der Waals surface area (Å²) in [5, 5.41) is 18.1. The molecule has 0 bridgehead atoms. The number of anilines is 2. The number of nitrogens with zero attached hydrogens (tertiary/aromatic N) is 4. The van der Waals surface area contributed by atoms with Crippen LogP contribution in [0.2, 0.25) is 5.02 Å². The maximum absolute atomic E-state index is 12.9. The molecule has 3 aromatic heterocycles. The van der Waals surface area contributed by atoms with Crippen LogP contribution < -0.4 is 15.6 Å². The van der Waals surface area contributed by atoms with Crippen LogP contribution in [-0.2, 0) is 28.9 Å². The summed E-state index contributed by atoms with van der Waals surface area (Å²) in [5.41, 5.74) is 6.35. The second kappa shape index (κ2) is 14.9. The van der Waals surface area contributed by atoms with Crippen LogP contribution in [0.4, 0.5) is 11.5 Å². The molecule has 2 N–H and O–H groups in total. The average Bonchev–Trinajstić information content (AvgIpc) is 3.01. The molecule has 0 spiro atoms. The number of fused-ring (bicyclic) bond motifs is 1. The Hall–Kier alpha value is -3.92. The van der Waals surface area contributed by atoms with E-state index in [4.69, 9.17) is 26.2 Å². The maximum atomic E-state index is 12.9. The Morgan fingerprint density at radius 2 is 1.84 bits per heavy atom. The second-order valence-corrected chi connectivity index (χ2v) is 10.8. The number of hydrogen-bond acceptors (Lipinski definition) is 8. The zero-order valence-electron chi connectivity index (χ0n) is 25.5. The van der Waals surface area contributed by atoms with E-state index >= 15 is 0 Å². The van der Waals surface area contributed by atoms with Crippen molar-refractivity contribution < 1.29 is 31.6 Å². The number of aryl methyl sites for hydroxylation is 2. The number of benzene rings is 2. The Balaban J connectivity index is 0.000000510. The first-order valence-electron chi connectivity index (χ1n) is 14.1. The van der Waals surface area contributed by atoms with E-state index < -0.39 is 0 Å². The summed E-state index contributed by atoms with van der Waals surface area (Å²) in [7, 11) is 3.20. The molecule has 1 radical (unpaired) electrons. The molecule has 233 valence electrons. The summed E-state index contributed by atoms with van der Waals surface area (Å²) in [4.78, 5) is 22.1. The molecule has 0 saturated carbocycles. The van der Waals surface area contributed by atoms with Crippen molar-refractivity contribution in [2.24, 2.45) is 7.05 Å². The molecule has 1 fully saturated rings. The van der Waals surface area contributed by atoms with Crippen LogP contribution in [0, 0.1) is 27.2 Å². The van der Waals surface area contributed by atoms with Gasteiger partial charge in [-0.25, -0.2) is 9.67 Å². The van der Waals surface area contributed by atoms with Gasteiger partial charge < -0.3 is 19.9 Å². The topological polar surface area (TPSA) is 111 Å². The molecule has 2 aromatic carbocycles. The predicted molar refractivity (Wildman–Crippen MR) is 174 cm³/mol. The van der Waals surface area contributed by atoms with Gasteiger partial charge in [-0.05, 0) is 43.2 Å². The van der Waals surface area contributed by atoms with E-state index in [1.54, 1.807) is 20.4 Å². The van der Waals surface area contributed by atoms with Crippen LogP contribution in [0.1, 0.15) is 23.2 Å². The summed E-state index contributed by atoms with van der Waals surface area (Å²) in [6.07, 6.45) is 4.12. The number of rotatable bonds is 5. The average molecular weight is 667 g/mol. The van der Waals surface area contributed by atoms with Gasteiger partial charge in [0.2, 0.25) is 0 Å². The van der Waals surface area contributed by atoms with Crippen molar-refractivity contribution in [1.29, 1.82) is 0 Å². The fourth-order valence-corrected chi connectivity index (χ4v) is 5.34. The standard InChI is InChI=1S/C29H25ClN5O2.C5H9O2.Mn/c1-16-12-13-24(34-28(16)37-5)22-10-6-9-21(26(22)30)20-8-7-11-23(18(20)3)33-27-25-19(14-17(2)32-27)15-31-35(4)29(25)36;6-5-2-1-3-7-4-5;/h6-15H,1H2,2-5H3,(H,32,33);2,5-6H,1,3-4H2;/q2*-1;+2/t;5-;/m.1./s1. The number of hydrogen-bond donors (Lipinski definition) is 2. The van der Waals surface area contributed by atoms with Crippen molar-refractivity contribution in [2.75, 3.05) is 25.6 Å². The van der Waals surface area contributed by atoms with Gasteiger partial charge >= 0.3 is 17.1 Å². The molecule has 0 amide bonds. The van der Waals surface area contributed by atoms with Crippen molar-refractivity contribution >= 4 is 33.9 Å². The van der Waals surface area contributed by atoms with Gasteiger partial charge in [-0.1, -0.05) is 48.0 Å². The van der Waals surface area contributed by atoms with Gasteiger partial charge in [-0.3, -0.25) is 16.2 Å². The molecule has 1 atom stereocenters. The number of pyridine rings is 2. The van der Waals surface area contributed by atoms with E-state index in [1.807, 2.05) is 74.9 Å². The van der Waals surface area contributed by atoms with E-state index in [0.717, 1.165) is 52.0 Å². The Bertz CT molecular complexity index is 1870. The minimum Gasteiger partial charge on any atom is -0.537 e. The molecule has 11 heteroatoms. The van der Waals surface area contributed by atoms with Crippen molar-refractivity contribution in [2.45, 2.75) is 26.4 Å². The number of halogens is 1. The Labute approximate surface area is 278 Å². The third-order valence-electron chi connectivity index (χ3n) is 7.33. The van der Waals surface area contributed by atoms with E-state index in [-0.39, 0.29) is 28.7 Å². The van der Waals surface area contributed by atoms with Crippen molar-refractivity contribution in [3.8, 4) is 28.3 Å². The number of methoxy groups -OCH3 is 1. The van der Waals surface area contributed by atoms with Crippen LogP contribution in [0.3, 0.4) is 0 Å². The maximum Gasteiger partial charge on any atom is 2.00 e. The van der Waals surface area contributed by atoms with Crippen molar-refractivity contribution in [3.63, 3.8) is 0 Å². The number of aliphatic hydroxyl groups excluding tert-OH is 1. The minimum atomic E-state index is -0.311. The molecular weight excluding hydrogens is 633 g/mol. The molecule has 5 aromatic rings. The SMILES string of the molecule is O[C@@H]1[CH-]CCOC1.[CH2-]c1ccc(-c2cccc(-c3cccc(Nc4nc(C)cc5cnn(C)c(=O)c45)c3C)c2Cl)nc1OC.[Mn+2]. The van der Waals surface area contributed by atoms with Crippen LogP contribution in [0.5, 0.6) is 5.88 Å². The van der Waals surface area contributed by atoms with E-state index in [9.17, 15) is 4.79 Å². The summed E-state index contributed by atoms with van der Waals surface area (Å²) in [5.74, 6) is 0.947. The van der Waals surface area contributed by atoms with E-state index in [0.29, 0.717) is 40.0 Å². The monoisotopic (exact) mass is 666 g/mol. The first-order valence-corrected chi connectivity index (χ1v) is 14.5. The van der Waals surface area contributed by atoms with Crippen LogP contribution in [0.25, 0.3) is 33.2 Å². The summed E-state index contributed by atoms with van der Waals surface area (Å²) in [6, 6.07) is 17.4. The zero-order chi connectivity index (χ0) is 31.4. The molecule has 1 aliphatic rings. The number of nitrogens with one attached hydrogen (secondary N) is 1. The predicted octanol–water partition coefficient (Wildman–Crippen LogP) is 6.23. The largest absolute Gasteiger partial charge is 2.00 e. The van der Waals surface area contributed by atoms with Gasteiger partial charge in [0.25, 0.3) is 5.56 Å². The van der Waals surface area contributed by atoms with Gasteiger partial charge in [0.1, 0.15) is 11.7 Å². The van der Waals surface area contributed by atoms with E-state index in [1.165, 1.54) is 4.68 Å². The molecule has 1 aliphatic heterocycles. The first-order chi connectivity index (χ1) is 21.2. The van der Waals surface area contributed by atoms with Crippen molar-refractivity contribution in [1.82, 2.24) is 19.7 Å². The molecule has 9 nitrogen and oxygen atoms in total. The van der Waals surface area contributed by atoms with Gasteiger partial charge in [0.15, 0.2) is 0 Å². The molecule has 6 rings (SSSR count). The molecule has 45 heavy (non-hydrogen) atoms. The van der Waals surface area contributed by atoms with Crippen LogP contribution in [-0.4, -0.2) is 51.3 Å². The third-order valence-corrected chi connectivity index (χ3v) is 7.74. The normalized spacial score (nSPS) is 14.2. The van der Waals surface area contributed by atoms with Gasteiger partial charge in [0, 0.05) is 53.8 Å². The molecular formula is C34H34ClMnN5O4. The third kappa shape index (κ3) is 7.49. The number of ether oxygens (including phenoxy) is 2. The van der Waals surface area contributed by atoms with Gasteiger partial charge in [-0.15, -0.1) is 5.56 Å². The Kier molecular flexibility index (Phi) is 11.3. The summed E-state index contributed by atoms with van der Waals surface area (Å²) in [6.45, 7) is 9.11. The van der Waals surface area contributed by atoms with E-state index in [2.05, 4.69) is 27.3 Å². The fourth-order valence-electron chi connectivity index (χ4n) is 5.02. The molecule has 0 aliphatic carbocycles. The zero-order valence-corrected chi connectivity index (χ0v) is 27.4. The minimum absolute atomic E-state index is 0. The summed E-state index contributed by atoms with van der Waals surface area (Å²) >= 11 is 6.95. The van der Waals surface area contributed by atoms with Gasteiger partial charge in [0.05, 0.1) is 23.7 Å². The van der Waals surface area contributed by atoms with Crippen LogP contribution in [0.15, 0.2) is 65.6 Å². The number of aliphatic hydroxyl groups is 1. The summed E-state index contributed by atoms with van der Waals surface area (Å²) < 4.78 is 11.6. The first kappa shape index (κ1) is 34.0. The van der Waals surface area contributed by atoms with Crippen molar-refractivity contribution in [3.05, 3.63) is 106 Å². The Morgan fingerprint density at radius 1 is 1.11 bits per heavy atom. The Morgan fingerprint density at radius 3 is 2.53 bits per heavy atom. The van der Waals surface area contributed by atoms with Crippen LogP contribution >= 0.6 is 11.6 Å². The number of aromatic nitrogens is 4. The van der Waals surface area contributed by atoms with Gasteiger partial charge in [-0.2, -0.15) is 24.5 Å². The molecule has 1 saturated heterocycles. The fraction of sp³-hybridized carbons (Fsp3) is 0.235.